The molecule has 96 valence electrons. The molecule has 19 heavy (non-hydrogen) atoms. The van der Waals surface area contributed by atoms with E-state index in [9.17, 15) is 0 Å². The van der Waals surface area contributed by atoms with Gasteiger partial charge in [0.2, 0.25) is 0 Å². The predicted molar refractivity (Wildman–Crippen MR) is 86.9 cm³/mol. The Hall–Kier alpha value is -1.17. The van der Waals surface area contributed by atoms with Crippen LogP contribution in [-0.2, 0) is 6.54 Å². The van der Waals surface area contributed by atoms with E-state index in [1.165, 1.54) is 4.88 Å². The highest BCUT2D eigenvalue weighted by Gasteiger charge is 2.02. The summed E-state index contributed by atoms with van der Waals surface area (Å²) in [5, 5.41) is 8.60. The van der Waals surface area contributed by atoms with Gasteiger partial charge in [-0.15, -0.1) is 22.7 Å². The Bertz CT molecular complexity index is 662. The third kappa shape index (κ3) is 3.23. The van der Waals surface area contributed by atoms with Crippen LogP contribution in [0.15, 0.2) is 51.8 Å². The molecule has 0 aliphatic carbocycles. The fraction of sp³-hybridized carbons (Fsp3) is 0.0714. The molecule has 0 atom stereocenters. The molecule has 2 aromatic heterocycles. The van der Waals surface area contributed by atoms with Crippen molar-refractivity contribution >= 4 is 44.3 Å². The van der Waals surface area contributed by atoms with Gasteiger partial charge in [-0.25, -0.2) is 4.98 Å². The molecule has 3 aromatic rings. The number of benzene rings is 1. The fourth-order valence-corrected chi connectivity index (χ4v) is 3.79. The van der Waals surface area contributed by atoms with Crippen LogP contribution >= 0.6 is 38.6 Å². The minimum Gasteiger partial charge on any atom is -0.380 e. The summed E-state index contributed by atoms with van der Waals surface area (Å²) in [5.74, 6) is 0. The molecule has 0 unspecified atom stereocenters. The van der Waals surface area contributed by atoms with E-state index >= 15 is 0 Å². The van der Waals surface area contributed by atoms with E-state index in [1.54, 1.807) is 22.7 Å². The smallest absolute Gasteiger partial charge is 0.123 e. The van der Waals surface area contributed by atoms with Crippen molar-refractivity contribution in [3.8, 4) is 10.6 Å². The highest BCUT2D eigenvalue weighted by Crippen LogP contribution is 2.25. The zero-order valence-electron chi connectivity index (χ0n) is 9.97. The molecule has 3 rings (SSSR count). The van der Waals surface area contributed by atoms with Crippen LogP contribution in [0.2, 0.25) is 0 Å². The maximum absolute atomic E-state index is 4.34. The Balaban J connectivity index is 1.73. The van der Waals surface area contributed by atoms with E-state index in [1.807, 2.05) is 11.6 Å². The first kappa shape index (κ1) is 12.8. The number of rotatable bonds is 4. The van der Waals surface area contributed by atoms with E-state index in [0.717, 1.165) is 27.3 Å². The second-order valence-corrected chi connectivity index (χ2v) is 6.81. The minimum absolute atomic E-state index is 0.845. The summed E-state index contributed by atoms with van der Waals surface area (Å²) in [6, 6.07) is 10.5. The topological polar surface area (TPSA) is 24.9 Å². The van der Waals surface area contributed by atoms with Gasteiger partial charge in [0.05, 0.1) is 0 Å². The SMILES string of the molecule is Brc1csc(CNc2cccc(-c3nccs3)c2)c1. The zero-order chi connectivity index (χ0) is 13.1. The molecule has 0 aliphatic rings. The van der Waals surface area contributed by atoms with E-state index in [-0.39, 0.29) is 0 Å². The van der Waals surface area contributed by atoms with Crippen molar-refractivity contribution in [2.45, 2.75) is 6.54 Å². The summed E-state index contributed by atoms with van der Waals surface area (Å²) in [7, 11) is 0. The second kappa shape index (κ2) is 5.86. The van der Waals surface area contributed by atoms with E-state index < -0.39 is 0 Å². The molecule has 0 fully saturated rings. The Morgan fingerprint density at radius 2 is 2.16 bits per heavy atom. The maximum atomic E-state index is 4.34. The van der Waals surface area contributed by atoms with Crippen molar-refractivity contribution in [1.29, 1.82) is 0 Å². The Morgan fingerprint density at radius 1 is 1.21 bits per heavy atom. The van der Waals surface area contributed by atoms with E-state index in [0.29, 0.717) is 0 Å². The molecule has 2 nitrogen and oxygen atoms in total. The first-order valence-corrected chi connectivity index (χ1v) is 8.33. The van der Waals surface area contributed by atoms with Crippen molar-refractivity contribution in [2.75, 3.05) is 5.32 Å². The molecular formula is C14H11BrN2S2. The third-order valence-electron chi connectivity index (χ3n) is 2.63. The molecule has 5 heteroatoms. The van der Waals surface area contributed by atoms with Crippen LogP contribution in [0.5, 0.6) is 0 Å². The average molecular weight is 351 g/mol. The Labute approximate surface area is 128 Å². The first-order valence-electron chi connectivity index (χ1n) is 5.78. The monoisotopic (exact) mass is 350 g/mol. The summed E-state index contributed by atoms with van der Waals surface area (Å²) >= 11 is 6.88. The number of anilines is 1. The lowest BCUT2D eigenvalue weighted by Gasteiger charge is -2.06. The van der Waals surface area contributed by atoms with Crippen molar-refractivity contribution < 1.29 is 0 Å². The Kier molecular flexibility index (Phi) is 3.96. The number of thiophene rings is 1. The first-order chi connectivity index (χ1) is 9.31. The van der Waals surface area contributed by atoms with Gasteiger partial charge in [-0.2, -0.15) is 0 Å². The van der Waals surface area contributed by atoms with Crippen molar-refractivity contribution in [3.63, 3.8) is 0 Å². The van der Waals surface area contributed by atoms with Crippen molar-refractivity contribution in [2.24, 2.45) is 0 Å². The largest absolute Gasteiger partial charge is 0.380 e. The average Bonchev–Trinajstić information content (AvgIpc) is 3.08. The number of hydrogen-bond acceptors (Lipinski definition) is 4. The molecule has 0 bridgehead atoms. The number of aromatic nitrogens is 1. The van der Waals surface area contributed by atoms with Gasteiger partial charge in [0.1, 0.15) is 5.01 Å². The lowest BCUT2D eigenvalue weighted by Crippen LogP contribution is -1.97. The third-order valence-corrected chi connectivity index (χ3v) is 5.15. The normalized spacial score (nSPS) is 10.6. The number of thiazole rings is 1. The predicted octanol–water partition coefficient (Wildman–Crippen LogP) is 5.25. The van der Waals surface area contributed by atoms with Crippen LogP contribution in [0, 0.1) is 0 Å². The quantitative estimate of drug-likeness (QED) is 0.695. The number of hydrogen-bond donors (Lipinski definition) is 1. The van der Waals surface area contributed by atoms with Crippen molar-refractivity contribution in [1.82, 2.24) is 4.98 Å². The summed E-state index contributed by atoms with van der Waals surface area (Å²) in [4.78, 5) is 5.65. The molecule has 0 amide bonds. The fourth-order valence-electron chi connectivity index (χ4n) is 1.76. The van der Waals surface area contributed by atoms with Gasteiger partial charge in [0, 0.05) is 44.1 Å². The van der Waals surface area contributed by atoms with Crippen LogP contribution in [-0.4, -0.2) is 4.98 Å². The lowest BCUT2D eigenvalue weighted by atomic mass is 10.2. The molecular weight excluding hydrogens is 340 g/mol. The number of nitrogens with zero attached hydrogens (tertiary/aromatic N) is 1. The van der Waals surface area contributed by atoms with Gasteiger partial charge in [-0.05, 0) is 34.1 Å². The highest BCUT2D eigenvalue weighted by molar-refractivity contribution is 9.10. The highest BCUT2D eigenvalue weighted by atomic mass is 79.9. The lowest BCUT2D eigenvalue weighted by molar-refractivity contribution is 1.19. The van der Waals surface area contributed by atoms with Crippen molar-refractivity contribution in [3.05, 3.63) is 56.6 Å². The molecule has 0 spiro atoms. The number of halogens is 1. The molecule has 0 saturated carbocycles. The molecule has 1 N–H and O–H groups in total. The van der Waals surface area contributed by atoms with Gasteiger partial charge >= 0.3 is 0 Å². The van der Waals surface area contributed by atoms with Crippen LogP contribution in [0.1, 0.15) is 4.88 Å². The standard InChI is InChI=1S/C14H11BrN2S2/c15-11-7-13(19-9-11)8-17-12-3-1-2-10(6-12)14-16-4-5-18-14/h1-7,9,17H,8H2. The number of nitrogens with one attached hydrogen (secondary N) is 1. The van der Waals surface area contributed by atoms with Gasteiger partial charge < -0.3 is 5.32 Å². The second-order valence-electron chi connectivity index (χ2n) is 4.00. The van der Waals surface area contributed by atoms with Crippen LogP contribution in [0.4, 0.5) is 5.69 Å². The zero-order valence-corrected chi connectivity index (χ0v) is 13.2. The van der Waals surface area contributed by atoms with E-state index in [4.69, 9.17) is 0 Å². The summed E-state index contributed by atoms with van der Waals surface area (Å²) in [5.41, 5.74) is 2.28. The molecule has 0 aliphatic heterocycles. The Morgan fingerprint density at radius 3 is 2.89 bits per heavy atom. The van der Waals surface area contributed by atoms with Gasteiger partial charge in [0.15, 0.2) is 0 Å². The van der Waals surface area contributed by atoms with Gasteiger partial charge in [-0.3, -0.25) is 0 Å². The minimum atomic E-state index is 0.845. The van der Waals surface area contributed by atoms with Crippen LogP contribution in [0.25, 0.3) is 10.6 Å². The molecule has 0 radical (unpaired) electrons. The summed E-state index contributed by atoms with van der Waals surface area (Å²) in [6.45, 7) is 0.845. The molecule has 2 heterocycles. The summed E-state index contributed by atoms with van der Waals surface area (Å²) < 4.78 is 1.14. The summed E-state index contributed by atoms with van der Waals surface area (Å²) in [6.07, 6.45) is 1.84. The van der Waals surface area contributed by atoms with Gasteiger partial charge in [-0.1, -0.05) is 12.1 Å². The van der Waals surface area contributed by atoms with Gasteiger partial charge in [0.25, 0.3) is 0 Å². The van der Waals surface area contributed by atoms with Crippen LogP contribution in [0.3, 0.4) is 0 Å². The van der Waals surface area contributed by atoms with Crippen LogP contribution < -0.4 is 5.32 Å². The molecule has 0 saturated heterocycles. The molecule has 1 aromatic carbocycles. The maximum Gasteiger partial charge on any atom is 0.123 e. The van der Waals surface area contributed by atoms with E-state index in [2.05, 4.69) is 61.9 Å².